The number of nitrogens with one attached hydrogen (secondary N) is 2. The Bertz CT molecular complexity index is 775. The maximum absolute atomic E-state index is 12.6. The lowest BCUT2D eigenvalue weighted by Crippen LogP contribution is -2.48. The topological polar surface area (TPSA) is 75.3 Å². The molecule has 0 saturated heterocycles. The van der Waals surface area contributed by atoms with Gasteiger partial charge in [-0.3, -0.25) is 4.79 Å². The molecule has 0 saturated carbocycles. The lowest BCUT2D eigenvalue weighted by Gasteiger charge is -2.19. The molecular weight excluding hydrogens is 336 g/mol. The molecule has 0 radical (unpaired) electrons. The molecule has 0 aliphatic heterocycles. The third-order valence-electron chi connectivity index (χ3n) is 3.63. The first kappa shape index (κ1) is 19.1. The van der Waals surface area contributed by atoms with Gasteiger partial charge in [0.05, 0.1) is 4.90 Å². The molecule has 1 amide bonds. The summed E-state index contributed by atoms with van der Waals surface area (Å²) in [5.74, 6) is -0.0379. The van der Waals surface area contributed by atoms with Crippen LogP contribution in [0.25, 0.3) is 0 Å². The Balaban J connectivity index is 2.20. The van der Waals surface area contributed by atoms with Crippen molar-refractivity contribution in [2.24, 2.45) is 5.92 Å². The average molecular weight is 360 g/mol. The Labute approximate surface area is 149 Å². The van der Waals surface area contributed by atoms with E-state index < -0.39 is 16.1 Å². The van der Waals surface area contributed by atoms with Crippen LogP contribution in [0.5, 0.6) is 0 Å². The summed E-state index contributed by atoms with van der Waals surface area (Å²) in [6.07, 6.45) is 0.289. The number of rotatable bonds is 8. The van der Waals surface area contributed by atoms with E-state index in [9.17, 15) is 13.2 Å². The van der Waals surface area contributed by atoms with Crippen LogP contribution in [0.3, 0.4) is 0 Å². The molecular formula is C19H24N2O3S. The predicted octanol–water partition coefficient (Wildman–Crippen LogP) is 2.35. The number of hydrogen-bond donors (Lipinski definition) is 2. The molecule has 0 bridgehead atoms. The molecule has 0 aliphatic carbocycles. The Morgan fingerprint density at radius 2 is 1.52 bits per heavy atom. The van der Waals surface area contributed by atoms with Crippen molar-refractivity contribution in [1.29, 1.82) is 0 Å². The summed E-state index contributed by atoms with van der Waals surface area (Å²) in [5.41, 5.74) is 0.892. The van der Waals surface area contributed by atoms with E-state index in [4.69, 9.17) is 0 Å². The first-order chi connectivity index (χ1) is 11.9. The average Bonchev–Trinajstić information content (AvgIpc) is 2.60. The number of amides is 1. The SMILES string of the molecule is CC(C)CNC(=O)[C@H](Cc1ccccc1)NS(=O)(=O)c1ccccc1. The summed E-state index contributed by atoms with van der Waals surface area (Å²) < 4.78 is 27.7. The van der Waals surface area contributed by atoms with Crippen LogP contribution in [0.1, 0.15) is 19.4 Å². The first-order valence-electron chi connectivity index (χ1n) is 8.27. The van der Waals surface area contributed by atoms with Crippen LogP contribution in [0.4, 0.5) is 0 Å². The van der Waals surface area contributed by atoms with Crippen LogP contribution in [-0.2, 0) is 21.2 Å². The van der Waals surface area contributed by atoms with E-state index >= 15 is 0 Å². The second-order valence-corrected chi connectivity index (χ2v) is 8.03. The third-order valence-corrected chi connectivity index (χ3v) is 5.12. The van der Waals surface area contributed by atoms with Gasteiger partial charge >= 0.3 is 0 Å². The van der Waals surface area contributed by atoms with Crippen LogP contribution in [-0.4, -0.2) is 26.9 Å². The molecule has 0 fully saturated rings. The van der Waals surface area contributed by atoms with E-state index in [1.54, 1.807) is 18.2 Å². The zero-order valence-corrected chi connectivity index (χ0v) is 15.3. The van der Waals surface area contributed by atoms with Crippen molar-refractivity contribution in [3.05, 3.63) is 66.2 Å². The molecule has 0 spiro atoms. The van der Waals surface area contributed by atoms with E-state index in [2.05, 4.69) is 10.0 Å². The summed E-state index contributed by atoms with van der Waals surface area (Å²) in [4.78, 5) is 12.7. The van der Waals surface area contributed by atoms with E-state index in [1.165, 1.54) is 12.1 Å². The number of carbonyl (C=O) groups excluding carboxylic acids is 1. The quantitative estimate of drug-likeness (QED) is 0.759. The maximum Gasteiger partial charge on any atom is 0.241 e. The molecule has 25 heavy (non-hydrogen) atoms. The molecule has 2 rings (SSSR count). The second-order valence-electron chi connectivity index (χ2n) is 6.32. The van der Waals surface area contributed by atoms with Gasteiger partial charge in [0.25, 0.3) is 0 Å². The minimum absolute atomic E-state index is 0.143. The molecule has 0 aromatic heterocycles. The summed E-state index contributed by atoms with van der Waals surface area (Å²) in [7, 11) is -3.77. The van der Waals surface area contributed by atoms with E-state index in [0.29, 0.717) is 6.54 Å². The minimum Gasteiger partial charge on any atom is -0.354 e. The molecule has 0 aliphatic rings. The molecule has 1 atom stereocenters. The number of hydrogen-bond acceptors (Lipinski definition) is 3. The predicted molar refractivity (Wildman–Crippen MR) is 98.5 cm³/mol. The maximum atomic E-state index is 12.6. The van der Waals surface area contributed by atoms with Gasteiger partial charge < -0.3 is 5.32 Å². The van der Waals surface area contributed by atoms with Crippen molar-refractivity contribution in [3.8, 4) is 0 Å². The van der Waals surface area contributed by atoms with Crippen LogP contribution >= 0.6 is 0 Å². The van der Waals surface area contributed by atoms with Gasteiger partial charge in [0.2, 0.25) is 15.9 Å². The van der Waals surface area contributed by atoms with Crippen molar-refractivity contribution in [2.75, 3.05) is 6.54 Å². The Hall–Kier alpha value is -2.18. The van der Waals surface area contributed by atoms with Crippen LogP contribution in [0.15, 0.2) is 65.6 Å². The van der Waals surface area contributed by atoms with Gasteiger partial charge in [0.15, 0.2) is 0 Å². The summed E-state index contributed by atoms with van der Waals surface area (Å²) >= 11 is 0. The van der Waals surface area contributed by atoms with Crippen molar-refractivity contribution in [3.63, 3.8) is 0 Å². The zero-order chi connectivity index (χ0) is 18.3. The highest BCUT2D eigenvalue weighted by molar-refractivity contribution is 7.89. The molecule has 2 aromatic carbocycles. The molecule has 134 valence electrons. The van der Waals surface area contributed by atoms with E-state index in [-0.39, 0.29) is 23.1 Å². The Morgan fingerprint density at radius 3 is 2.08 bits per heavy atom. The van der Waals surface area contributed by atoms with Crippen molar-refractivity contribution >= 4 is 15.9 Å². The van der Waals surface area contributed by atoms with Crippen LogP contribution in [0, 0.1) is 5.92 Å². The number of benzene rings is 2. The minimum atomic E-state index is -3.77. The molecule has 2 aromatic rings. The summed E-state index contributed by atoms with van der Waals surface area (Å²) in [5, 5.41) is 2.81. The van der Waals surface area contributed by atoms with Crippen molar-refractivity contribution in [1.82, 2.24) is 10.0 Å². The van der Waals surface area contributed by atoms with Gasteiger partial charge in [0.1, 0.15) is 6.04 Å². The van der Waals surface area contributed by atoms with E-state index in [1.807, 2.05) is 44.2 Å². The van der Waals surface area contributed by atoms with Crippen LogP contribution in [0.2, 0.25) is 0 Å². The molecule has 5 nitrogen and oxygen atoms in total. The fourth-order valence-electron chi connectivity index (χ4n) is 2.32. The zero-order valence-electron chi connectivity index (χ0n) is 14.5. The lowest BCUT2D eigenvalue weighted by atomic mass is 10.1. The fraction of sp³-hybridized carbons (Fsp3) is 0.316. The van der Waals surface area contributed by atoms with Gasteiger partial charge in [-0.05, 0) is 30.0 Å². The highest BCUT2D eigenvalue weighted by Gasteiger charge is 2.25. The number of carbonyl (C=O) groups is 1. The second kappa shape index (κ2) is 8.78. The Morgan fingerprint density at radius 1 is 0.960 bits per heavy atom. The van der Waals surface area contributed by atoms with Gasteiger partial charge in [-0.25, -0.2) is 8.42 Å². The molecule has 0 unspecified atom stereocenters. The lowest BCUT2D eigenvalue weighted by molar-refractivity contribution is -0.122. The Kier molecular flexibility index (Phi) is 6.73. The summed E-state index contributed by atoms with van der Waals surface area (Å²) in [6, 6.07) is 16.6. The normalized spacial score (nSPS) is 12.8. The fourth-order valence-corrected chi connectivity index (χ4v) is 3.54. The van der Waals surface area contributed by atoms with Crippen molar-refractivity contribution in [2.45, 2.75) is 31.2 Å². The highest BCUT2D eigenvalue weighted by atomic mass is 32.2. The molecule has 0 heterocycles. The third kappa shape index (κ3) is 5.99. The smallest absolute Gasteiger partial charge is 0.241 e. The monoisotopic (exact) mass is 360 g/mol. The largest absolute Gasteiger partial charge is 0.354 e. The van der Waals surface area contributed by atoms with Gasteiger partial charge in [0, 0.05) is 6.54 Å². The highest BCUT2D eigenvalue weighted by Crippen LogP contribution is 2.11. The summed E-state index contributed by atoms with van der Waals surface area (Å²) in [6.45, 7) is 4.47. The van der Waals surface area contributed by atoms with Crippen LogP contribution < -0.4 is 10.0 Å². The van der Waals surface area contributed by atoms with Crippen molar-refractivity contribution < 1.29 is 13.2 Å². The standard InChI is InChI=1S/C19H24N2O3S/c1-15(2)14-20-19(22)18(13-16-9-5-3-6-10-16)21-25(23,24)17-11-7-4-8-12-17/h3-12,15,18,21H,13-14H2,1-2H3,(H,20,22)/t18-/m0/s1. The van der Waals surface area contributed by atoms with Gasteiger partial charge in [-0.1, -0.05) is 62.4 Å². The van der Waals surface area contributed by atoms with Gasteiger partial charge in [-0.15, -0.1) is 0 Å². The first-order valence-corrected chi connectivity index (χ1v) is 9.76. The van der Waals surface area contributed by atoms with Gasteiger partial charge in [-0.2, -0.15) is 4.72 Å². The molecule has 2 N–H and O–H groups in total. The molecule has 6 heteroatoms. The van der Waals surface area contributed by atoms with E-state index in [0.717, 1.165) is 5.56 Å². The number of sulfonamides is 1.